The summed E-state index contributed by atoms with van der Waals surface area (Å²) in [5, 5.41) is 4.13. The number of Topliss-reactive ketones (excluding diaryl/α,β-unsaturated/α-hetero) is 1. The zero-order valence-electron chi connectivity index (χ0n) is 25.9. The van der Waals surface area contributed by atoms with Crippen molar-refractivity contribution in [2.24, 2.45) is 0 Å². The molecule has 2 unspecified atom stereocenters. The van der Waals surface area contributed by atoms with Crippen LogP contribution in [-0.4, -0.2) is 85.2 Å². The summed E-state index contributed by atoms with van der Waals surface area (Å²) in [5.41, 5.74) is 0.841. The number of ether oxygens (including phenoxy) is 2. The lowest BCUT2D eigenvalue weighted by Gasteiger charge is -2.36. The lowest BCUT2D eigenvalue weighted by Crippen LogP contribution is -2.45. The molecule has 0 saturated carbocycles. The van der Waals surface area contributed by atoms with E-state index in [4.69, 9.17) is 16.6 Å². The van der Waals surface area contributed by atoms with Crippen molar-refractivity contribution in [3.05, 3.63) is 52.6 Å². The van der Waals surface area contributed by atoms with Crippen molar-refractivity contribution >= 4 is 38.9 Å². The van der Waals surface area contributed by atoms with Crippen LogP contribution >= 0.6 is 11.3 Å². The van der Waals surface area contributed by atoms with Crippen molar-refractivity contribution in [3.63, 3.8) is 0 Å². The summed E-state index contributed by atoms with van der Waals surface area (Å²) in [5.74, 6) is -1.18. The van der Waals surface area contributed by atoms with Crippen molar-refractivity contribution in [1.82, 2.24) is 19.3 Å². The minimum atomic E-state index is -3.71. The van der Waals surface area contributed by atoms with Gasteiger partial charge in [-0.05, 0) is 32.0 Å². The summed E-state index contributed by atoms with van der Waals surface area (Å²) >= 11 is 1.11. The first-order valence-electron chi connectivity index (χ1n) is 14.2. The molecule has 4 heterocycles. The molecule has 1 saturated heterocycles. The van der Waals surface area contributed by atoms with Crippen LogP contribution < -0.4 is 10.2 Å². The van der Waals surface area contributed by atoms with Crippen LogP contribution in [0.4, 0.5) is 5.82 Å². The van der Waals surface area contributed by atoms with Crippen LogP contribution in [0.3, 0.4) is 0 Å². The largest absolute Gasteiger partial charge is 0.382 e. The van der Waals surface area contributed by atoms with Gasteiger partial charge in [-0.2, -0.15) is 0 Å². The topological polar surface area (TPSA) is 133 Å². The fourth-order valence-electron chi connectivity index (χ4n) is 4.03. The van der Waals surface area contributed by atoms with Gasteiger partial charge in [0.2, 0.25) is 10.0 Å². The van der Waals surface area contributed by atoms with E-state index in [9.17, 15) is 18.0 Å². The van der Waals surface area contributed by atoms with Gasteiger partial charge in [0.25, 0.3) is 5.91 Å². The van der Waals surface area contributed by atoms with Crippen molar-refractivity contribution in [1.29, 1.82) is 0 Å². The van der Waals surface area contributed by atoms with Gasteiger partial charge in [0.05, 0.1) is 55.2 Å². The van der Waals surface area contributed by atoms with E-state index in [1.165, 1.54) is 0 Å². The maximum Gasteiger partial charge on any atom is 0.253 e. The number of rotatable bonds is 10. The number of nitrogens with one attached hydrogen (secondary N) is 1. The molecule has 0 radical (unpaired) electrons. The third kappa shape index (κ3) is 6.84. The first kappa shape index (κ1) is 21.8. The van der Waals surface area contributed by atoms with E-state index in [1.54, 1.807) is 11.4 Å². The molecule has 3 atom stereocenters. The lowest BCUT2D eigenvalue weighted by atomic mass is 10.1. The zero-order valence-corrected chi connectivity index (χ0v) is 22.6. The molecule has 1 aliphatic heterocycles. The number of amides is 1. The number of anilines is 1. The number of hydrogen-bond acceptors (Lipinski definition) is 10. The monoisotopic (exact) mass is 566 g/mol. The van der Waals surface area contributed by atoms with Gasteiger partial charge < -0.3 is 19.7 Å². The van der Waals surface area contributed by atoms with Crippen molar-refractivity contribution < 1.29 is 34.3 Å². The van der Waals surface area contributed by atoms with Crippen LogP contribution in [-0.2, 0) is 30.7 Å². The standard InChI is InChI=1S/C25H31N5O6S2/c1-16-11-29(12-17(2)36-16)23-7-5-6-19(26-23)21-15-37-24(27-21)10-22(31)20(14-35-3)28-25(32)18-8-9-30(13-18)38(4,33)34/h5-9,13,15-17,20H,10-12,14H2,1-4H3,(H,28,32)/t16?,17?,20-/m0/s1/i3D3,14D2. The summed E-state index contributed by atoms with van der Waals surface area (Å²) in [6.07, 6.45) is 2.63. The van der Waals surface area contributed by atoms with E-state index in [1.807, 2.05) is 26.0 Å². The molecule has 1 N–H and O–H groups in total. The highest BCUT2D eigenvalue weighted by atomic mass is 32.2. The number of nitrogens with zero attached hydrogens (tertiary/aromatic N) is 4. The normalized spacial score (nSPS) is 21.4. The number of carbonyl (C=O) groups excluding carboxylic acids is 2. The first-order valence-corrected chi connectivity index (χ1v) is 14.4. The maximum atomic E-state index is 13.4. The van der Waals surface area contributed by atoms with E-state index in [-0.39, 0.29) is 22.8 Å². The van der Waals surface area contributed by atoms with Crippen LogP contribution in [0.5, 0.6) is 0 Å². The van der Waals surface area contributed by atoms with Gasteiger partial charge >= 0.3 is 0 Å². The highest BCUT2D eigenvalue weighted by Crippen LogP contribution is 2.25. The summed E-state index contributed by atoms with van der Waals surface area (Å²) in [6, 6.07) is 4.59. The molecule has 13 heteroatoms. The second-order valence-corrected chi connectivity index (χ2v) is 11.8. The molecule has 0 bridgehead atoms. The van der Waals surface area contributed by atoms with Gasteiger partial charge in [0.1, 0.15) is 16.9 Å². The Hall–Kier alpha value is -3.13. The number of thiazole rings is 1. The third-order valence-corrected chi connectivity index (χ3v) is 7.55. The minimum Gasteiger partial charge on any atom is -0.382 e. The smallest absolute Gasteiger partial charge is 0.253 e. The van der Waals surface area contributed by atoms with Crippen molar-refractivity contribution in [2.75, 3.05) is 37.8 Å². The zero-order chi connectivity index (χ0) is 31.7. The van der Waals surface area contributed by atoms with Gasteiger partial charge in [-0.15, -0.1) is 11.3 Å². The second kappa shape index (κ2) is 11.7. The molecule has 0 spiro atoms. The SMILES string of the molecule is [2H]C([2H])([2H])OC([2H])([2H])[C@H](NC(=O)c1ccn(S(C)(=O)=O)c1)C(=O)Cc1nc(-c2cccc(N3CC(C)OC(C)C3)n2)cs1. The van der Waals surface area contributed by atoms with Gasteiger partial charge in [-0.25, -0.2) is 18.4 Å². The molecule has 1 fully saturated rings. The Kier molecular flexibility index (Phi) is 6.72. The molecular formula is C25H31N5O6S2. The molecule has 1 amide bonds. The fourth-order valence-corrected chi connectivity index (χ4v) is 5.42. The Bertz CT molecular complexity index is 1580. The first-order chi connectivity index (χ1) is 19.9. The quantitative estimate of drug-likeness (QED) is 0.391. The molecule has 0 aliphatic carbocycles. The highest BCUT2D eigenvalue weighted by Gasteiger charge is 2.25. The van der Waals surface area contributed by atoms with Crippen LogP contribution in [0.1, 0.15) is 36.1 Å². The average molecular weight is 567 g/mol. The van der Waals surface area contributed by atoms with E-state index < -0.39 is 47.8 Å². The van der Waals surface area contributed by atoms with Crippen LogP contribution in [0.2, 0.25) is 0 Å². The number of morpholine rings is 1. The predicted octanol–water partition coefficient (Wildman–Crippen LogP) is 1.98. The lowest BCUT2D eigenvalue weighted by molar-refractivity contribution is -0.121. The Morgan fingerprint density at radius 1 is 1.26 bits per heavy atom. The summed E-state index contributed by atoms with van der Waals surface area (Å²) in [6.45, 7) is 2.17. The highest BCUT2D eigenvalue weighted by molar-refractivity contribution is 7.89. The van der Waals surface area contributed by atoms with Crippen LogP contribution in [0.25, 0.3) is 11.4 Å². The number of ketones is 1. The number of methoxy groups -OCH3 is 1. The van der Waals surface area contributed by atoms with Gasteiger partial charge in [-0.3, -0.25) is 13.6 Å². The molecule has 4 rings (SSSR count). The molecule has 1 aliphatic rings. The fraction of sp³-hybridized carbons (Fsp3) is 0.440. The Labute approximate surface area is 232 Å². The van der Waals surface area contributed by atoms with Gasteiger partial charge in [0, 0.05) is 37.9 Å². The average Bonchev–Trinajstić information content (AvgIpc) is 3.55. The summed E-state index contributed by atoms with van der Waals surface area (Å²) < 4.78 is 73.0. The molecule has 38 heavy (non-hydrogen) atoms. The maximum absolute atomic E-state index is 13.4. The number of hydrogen-bond donors (Lipinski definition) is 1. The molecule has 3 aromatic rings. The van der Waals surface area contributed by atoms with E-state index in [2.05, 4.69) is 19.9 Å². The number of carbonyl (C=O) groups is 2. The summed E-state index contributed by atoms with van der Waals surface area (Å²) in [7, 11) is -6.94. The predicted molar refractivity (Wildman–Crippen MR) is 144 cm³/mol. The van der Waals surface area contributed by atoms with Crippen molar-refractivity contribution in [2.45, 2.75) is 38.5 Å². The summed E-state index contributed by atoms with van der Waals surface area (Å²) in [4.78, 5) is 37.6. The van der Waals surface area contributed by atoms with E-state index in [0.29, 0.717) is 24.5 Å². The second-order valence-electron chi connectivity index (χ2n) is 8.93. The minimum absolute atomic E-state index is 0.0367. The molecule has 204 valence electrons. The third-order valence-electron chi connectivity index (χ3n) is 5.70. The van der Waals surface area contributed by atoms with Gasteiger partial charge in [0.15, 0.2) is 5.78 Å². The molecule has 0 aromatic carbocycles. The Morgan fingerprint density at radius 3 is 2.71 bits per heavy atom. The molecule has 11 nitrogen and oxygen atoms in total. The van der Waals surface area contributed by atoms with Crippen LogP contribution in [0, 0.1) is 0 Å². The van der Waals surface area contributed by atoms with Crippen molar-refractivity contribution in [3.8, 4) is 11.4 Å². The number of pyridine rings is 1. The number of aromatic nitrogens is 3. The molecule has 3 aromatic heterocycles. The van der Waals surface area contributed by atoms with Gasteiger partial charge in [-0.1, -0.05) is 6.07 Å². The Morgan fingerprint density at radius 2 is 2.03 bits per heavy atom. The Balaban J connectivity index is 1.54. The van der Waals surface area contributed by atoms with E-state index >= 15 is 0 Å². The van der Waals surface area contributed by atoms with E-state index in [0.717, 1.165) is 45.8 Å². The van der Waals surface area contributed by atoms with Crippen LogP contribution in [0.15, 0.2) is 42.0 Å². The molecular weight excluding hydrogens is 530 g/mol.